The van der Waals surface area contributed by atoms with E-state index in [9.17, 15) is 9.70 Å². The molecule has 1 aliphatic rings. The fourth-order valence-corrected chi connectivity index (χ4v) is 0.959. The monoisotopic (exact) mass is 624 g/mol. The number of hydrogen-bond donors (Lipinski definition) is 0. The van der Waals surface area contributed by atoms with Crippen molar-refractivity contribution < 1.29 is 30.1 Å². The number of rotatable bonds is 3. The van der Waals surface area contributed by atoms with Crippen LogP contribution in [0.4, 0.5) is 0 Å². The van der Waals surface area contributed by atoms with Crippen LogP contribution < -0.4 is 0 Å². The topological polar surface area (TPSA) is 71.3 Å². The van der Waals surface area contributed by atoms with Gasteiger partial charge in [-0.2, -0.15) is 0 Å². The molecular formula is C6H8N3O3ReRf-. The first-order valence-corrected chi connectivity index (χ1v) is 3.40. The van der Waals surface area contributed by atoms with Gasteiger partial charge in [0.2, 0.25) is 0 Å². The van der Waals surface area contributed by atoms with E-state index in [1.54, 1.807) is 6.92 Å². The van der Waals surface area contributed by atoms with Gasteiger partial charge >= 0.3 is 0 Å². The van der Waals surface area contributed by atoms with Crippen LogP contribution in [0.3, 0.4) is 0 Å². The minimum Gasteiger partial charge on any atom is -0.506 e. The van der Waals surface area contributed by atoms with Crippen LogP contribution in [0.1, 0.15) is 6.92 Å². The van der Waals surface area contributed by atoms with Gasteiger partial charge < -0.3 is 14.5 Å². The van der Waals surface area contributed by atoms with Crippen LogP contribution in [0.5, 0.6) is 0 Å². The predicted molar refractivity (Wildman–Crippen MR) is 40.9 cm³/mol. The molecule has 0 aromatic rings. The van der Waals surface area contributed by atoms with Gasteiger partial charge in [0.05, 0.1) is 6.54 Å². The largest absolute Gasteiger partial charge is 0.506 e. The van der Waals surface area contributed by atoms with Crippen LogP contribution in [0.25, 0.3) is 0 Å². The Kier molecular flexibility index (Phi) is 6.85. The van der Waals surface area contributed by atoms with E-state index in [4.69, 9.17) is 0 Å². The van der Waals surface area contributed by atoms with Gasteiger partial charge in [0.25, 0.3) is 0 Å². The molecule has 0 atom stereocenters. The molecule has 1 heterocycles. The Balaban J connectivity index is 0. The average Bonchev–Trinajstić information content (AvgIpc) is 2.47. The van der Waals surface area contributed by atoms with Crippen molar-refractivity contribution in [1.82, 2.24) is 4.90 Å². The summed E-state index contributed by atoms with van der Waals surface area (Å²) >= 11 is 0. The molecule has 1 aliphatic heterocycles. The first kappa shape index (κ1) is 14.6. The van der Waals surface area contributed by atoms with Crippen LogP contribution in [0, 0.1) is 11.5 Å². The minimum absolute atomic E-state index is 0. The van der Waals surface area contributed by atoms with Crippen LogP contribution in [-0.4, -0.2) is 29.7 Å². The van der Waals surface area contributed by atoms with Crippen molar-refractivity contribution in [2.24, 2.45) is 10.3 Å². The summed E-state index contributed by atoms with van der Waals surface area (Å²) < 4.78 is 0. The molecule has 0 saturated heterocycles. The predicted octanol–water partition coefficient (Wildman–Crippen LogP) is 0.104. The molecule has 0 unspecified atom stereocenters. The number of aliphatic imine (C=N–C) groups is 1. The molecule has 0 aromatic carbocycles. The molecule has 14 heavy (non-hydrogen) atoms. The van der Waals surface area contributed by atoms with Crippen molar-refractivity contribution in [3.05, 3.63) is 11.5 Å². The zero-order valence-electron chi connectivity index (χ0n) is 7.64. The molecule has 0 aliphatic carbocycles. The van der Waals surface area contributed by atoms with E-state index in [0.717, 1.165) is 6.61 Å². The Morgan fingerprint density at radius 1 is 1.71 bits per heavy atom. The van der Waals surface area contributed by atoms with Gasteiger partial charge in [-0.25, -0.2) is 0 Å². The van der Waals surface area contributed by atoms with Gasteiger partial charge in [0, 0.05) is 27.0 Å². The summed E-state index contributed by atoms with van der Waals surface area (Å²) in [5.41, 5.74) is 0. The van der Waals surface area contributed by atoms with Gasteiger partial charge in [0.15, 0.2) is 0 Å². The van der Waals surface area contributed by atoms with Gasteiger partial charge in [-0.05, 0) is 6.92 Å². The molecule has 0 N–H and O–H groups in total. The number of carbonyl (C=O) groups is 1. The molecule has 0 fully saturated rings. The third kappa shape index (κ3) is 3.21. The molecule has 0 aromatic heterocycles. The SMILES string of the molecule is CC1=NCCN1C(=O)[CH-]ON=O.[Re].[Rf]. The zero-order valence-corrected chi connectivity index (χ0v) is 16.8. The van der Waals surface area contributed by atoms with Crippen LogP contribution in [0.2, 0.25) is 0 Å². The molecule has 0 spiro atoms. The van der Waals surface area contributed by atoms with Crippen molar-refractivity contribution in [2.45, 2.75) is 6.92 Å². The van der Waals surface area contributed by atoms with Crippen molar-refractivity contribution in [3.63, 3.8) is 0 Å². The van der Waals surface area contributed by atoms with E-state index in [0.29, 0.717) is 18.9 Å². The maximum absolute atomic E-state index is 11.1. The summed E-state index contributed by atoms with van der Waals surface area (Å²) in [7, 11) is 0. The number of hydrogen-bond acceptors (Lipinski definition) is 5. The molecule has 1 radical (unpaired) electrons. The van der Waals surface area contributed by atoms with E-state index < -0.39 is 5.91 Å². The summed E-state index contributed by atoms with van der Waals surface area (Å²) in [6.45, 7) is 3.60. The van der Waals surface area contributed by atoms with Crippen LogP contribution in [0.15, 0.2) is 10.3 Å². The first-order valence-electron chi connectivity index (χ1n) is 3.40. The fourth-order valence-electron chi connectivity index (χ4n) is 0.959. The van der Waals surface area contributed by atoms with Crippen LogP contribution >= 0.6 is 0 Å². The molecule has 0 bridgehead atoms. The number of carbonyl (C=O) groups excluding carboxylic acids is 1. The summed E-state index contributed by atoms with van der Waals surface area (Å²) in [4.78, 5) is 29.9. The van der Waals surface area contributed by atoms with E-state index in [1.165, 1.54) is 4.90 Å². The third-order valence-electron chi connectivity index (χ3n) is 1.52. The van der Waals surface area contributed by atoms with E-state index in [-0.39, 0.29) is 20.4 Å². The second-order valence-corrected chi connectivity index (χ2v) is 2.22. The van der Waals surface area contributed by atoms with Gasteiger partial charge in [-0.1, -0.05) is 0 Å². The van der Waals surface area contributed by atoms with Gasteiger partial charge in [0.1, 0.15) is 17.1 Å². The maximum atomic E-state index is 11.1. The third-order valence-corrected chi connectivity index (χ3v) is 1.52. The molecule has 75 valence electrons. The van der Waals surface area contributed by atoms with Crippen molar-refractivity contribution in [3.8, 4) is 0 Å². The van der Waals surface area contributed by atoms with Gasteiger partial charge in [-0.3, -0.25) is 4.99 Å². The molecule has 0 saturated carbocycles. The summed E-state index contributed by atoms with van der Waals surface area (Å²) in [5.74, 6) is 0.221. The standard InChI is InChI=1S/C6H8N3O3.Re.Rf/c1-5-7-2-3-9(5)6(10)4-12-8-11;;/h4H,2-3H2,1H3;;/q-1;;. The van der Waals surface area contributed by atoms with Crippen molar-refractivity contribution in [1.29, 1.82) is 0 Å². The normalized spacial score (nSPS) is 13.2. The maximum Gasteiger partial charge on any atom is 0.128 e. The van der Waals surface area contributed by atoms with E-state index in [2.05, 4.69) is 15.2 Å². The molecule has 6 nitrogen and oxygen atoms in total. The fraction of sp³-hybridized carbons (Fsp3) is 0.500. The van der Waals surface area contributed by atoms with Crippen molar-refractivity contribution >= 4 is 11.7 Å². The van der Waals surface area contributed by atoms with E-state index >= 15 is 0 Å². The second kappa shape index (κ2) is 6.57. The second-order valence-electron chi connectivity index (χ2n) is 2.22. The summed E-state index contributed by atoms with van der Waals surface area (Å²) in [5, 5.41) is 2.08. The molecule has 1 amide bonds. The van der Waals surface area contributed by atoms with Crippen LogP contribution in [-0.2, 0) is 30.1 Å². The number of amidine groups is 1. The summed E-state index contributed by atoms with van der Waals surface area (Å²) in [6.07, 6.45) is 0. The van der Waals surface area contributed by atoms with Gasteiger partial charge in [-0.15, -0.1) is 11.5 Å². The smallest absolute Gasteiger partial charge is 0.128 e. The number of amides is 1. The average molecular weight is 623 g/mol. The molecule has 1 rings (SSSR count). The Bertz CT molecular complexity index is 236. The molecular weight excluding hydrogens is 615 g/mol. The Morgan fingerprint density at radius 2 is 2.36 bits per heavy atom. The number of nitrogens with zero attached hydrogens (tertiary/aromatic N) is 3. The van der Waals surface area contributed by atoms with E-state index in [1.807, 2.05) is 0 Å². The quantitative estimate of drug-likeness (QED) is 0.255. The first-order chi connectivity index (χ1) is 5.75. The minimum atomic E-state index is -0.409. The Labute approximate surface area is 88.9 Å². The summed E-state index contributed by atoms with van der Waals surface area (Å²) in [6, 6.07) is 0. The molecule has 8 heteroatoms. The Hall–Kier alpha value is -1.93. The Morgan fingerprint density at radius 3 is 2.79 bits per heavy atom. The zero-order chi connectivity index (χ0) is 8.97. The van der Waals surface area contributed by atoms with Crippen molar-refractivity contribution in [2.75, 3.05) is 13.1 Å².